The van der Waals surface area contributed by atoms with E-state index in [9.17, 15) is 18.0 Å². The minimum atomic E-state index is -3.79. The number of sulfonamides is 1. The molecule has 1 heterocycles. The number of nitrogens with one attached hydrogen (secondary N) is 1. The van der Waals surface area contributed by atoms with Crippen molar-refractivity contribution in [2.75, 3.05) is 32.7 Å². The van der Waals surface area contributed by atoms with E-state index in [1.165, 1.54) is 36.6 Å². The number of nitrogens with zero attached hydrogens (tertiary/aromatic N) is 2. The summed E-state index contributed by atoms with van der Waals surface area (Å²) in [5, 5.41) is 3.03. The zero-order chi connectivity index (χ0) is 24.9. The summed E-state index contributed by atoms with van der Waals surface area (Å²) in [7, 11) is -3.79. The molecule has 7 nitrogen and oxygen atoms in total. The second-order valence-corrected chi connectivity index (χ2v) is 13.8. The number of piperazine rings is 1. The highest BCUT2D eigenvalue weighted by molar-refractivity contribution is 9.10. The maximum Gasteiger partial charge on any atom is 0.251 e. The lowest BCUT2D eigenvalue weighted by Crippen LogP contribution is -2.50. The van der Waals surface area contributed by atoms with Crippen molar-refractivity contribution in [1.29, 1.82) is 0 Å². The van der Waals surface area contributed by atoms with Crippen molar-refractivity contribution in [3.8, 4) is 0 Å². The van der Waals surface area contributed by atoms with Gasteiger partial charge in [-0.2, -0.15) is 4.31 Å². The van der Waals surface area contributed by atoms with Crippen molar-refractivity contribution in [1.82, 2.24) is 14.5 Å². The quantitative estimate of drug-likeness (QED) is 0.579. The largest absolute Gasteiger partial charge is 0.352 e. The maximum atomic E-state index is 13.3. The predicted molar refractivity (Wildman–Crippen MR) is 135 cm³/mol. The molecule has 0 aromatic heterocycles. The predicted octanol–water partition coefficient (Wildman–Crippen LogP) is 3.88. The second kappa shape index (κ2) is 9.21. The lowest BCUT2D eigenvalue weighted by molar-refractivity contribution is -0.129. The number of hydrogen-bond acceptors (Lipinski definition) is 4. The fraction of sp³-hybridized carbons (Fsp3) is 0.680. The van der Waals surface area contributed by atoms with Crippen molar-refractivity contribution >= 4 is 37.8 Å². The Kier molecular flexibility index (Phi) is 6.94. The van der Waals surface area contributed by atoms with Crippen LogP contribution < -0.4 is 5.32 Å². The number of rotatable bonds is 6. The van der Waals surface area contributed by atoms with Crippen LogP contribution in [-0.4, -0.2) is 62.2 Å². The van der Waals surface area contributed by atoms with Gasteiger partial charge < -0.3 is 10.2 Å². The van der Waals surface area contributed by atoms with E-state index in [4.69, 9.17) is 0 Å². The average Bonchev–Trinajstić information content (AvgIpc) is 3.27. The van der Waals surface area contributed by atoms with Crippen molar-refractivity contribution < 1.29 is 18.0 Å². The van der Waals surface area contributed by atoms with E-state index < -0.39 is 10.0 Å². The molecule has 9 heteroatoms. The molecule has 1 aromatic rings. The standard InChI is InChI=1S/C25H36BrN3O4S/c1-17(30)28-11-13-29(14-12-28)34(32,33)21-15-18(5-6-20(21)26)23(31)27-10-8-22-24(2,3)19-7-9-25(22,4)16-19/h5-6,15,19,22H,7-14,16H2,1-4H3,(H,27,31)/t19-,22?,25+/m1/s1. The van der Waals surface area contributed by atoms with E-state index in [1.54, 1.807) is 17.0 Å². The zero-order valence-corrected chi connectivity index (χ0v) is 23.0. The first kappa shape index (κ1) is 25.6. The molecule has 34 heavy (non-hydrogen) atoms. The van der Waals surface area contributed by atoms with E-state index in [0.29, 0.717) is 46.4 Å². The molecule has 2 saturated carbocycles. The average molecular weight is 555 g/mol. The summed E-state index contributed by atoms with van der Waals surface area (Å²) in [6, 6.07) is 4.72. The minimum absolute atomic E-state index is 0.0558. The number of amides is 2. The van der Waals surface area contributed by atoms with Gasteiger partial charge in [-0.15, -0.1) is 0 Å². The van der Waals surface area contributed by atoms with Crippen LogP contribution in [-0.2, 0) is 14.8 Å². The third-order valence-corrected chi connectivity index (χ3v) is 11.7. The normalized spacial score (nSPS) is 28.8. The van der Waals surface area contributed by atoms with Gasteiger partial charge in [0.1, 0.15) is 0 Å². The number of hydrogen-bond donors (Lipinski definition) is 1. The lowest BCUT2D eigenvalue weighted by Gasteiger charge is -2.43. The molecular formula is C25H36BrN3O4S. The fourth-order valence-corrected chi connectivity index (χ4v) is 9.16. The Morgan fingerprint density at radius 1 is 1.15 bits per heavy atom. The topological polar surface area (TPSA) is 86.8 Å². The lowest BCUT2D eigenvalue weighted by atomic mass is 9.63. The Labute approximate surface area is 211 Å². The van der Waals surface area contributed by atoms with Crippen LogP contribution >= 0.6 is 15.9 Å². The monoisotopic (exact) mass is 553 g/mol. The van der Waals surface area contributed by atoms with E-state index in [2.05, 4.69) is 42.0 Å². The SMILES string of the molecule is CC(=O)N1CCN(S(=O)(=O)c2cc(C(=O)NCCC3C(C)(C)[C@@H]4CC[C@@]3(C)C4)ccc2Br)CC1. The molecule has 1 aliphatic heterocycles. The van der Waals surface area contributed by atoms with E-state index in [0.717, 1.165) is 12.3 Å². The molecule has 0 radical (unpaired) electrons. The van der Waals surface area contributed by atoms with Gasteiger partial charge in [0, 0.05) is 49.7 Å². The Bertz CT molecular complexity index is 1080. The van der Waals surface area contributed by atoms with Gasteiger partial charge in [-0.05, 0) is 82.5 Å². The molecule has 4 rings (SSSR count). The summed E-state index contributed by atoms with van der Waals surface area (Å²) in [6.07, 6.45) is 4.81. The number of halogens is 1. The number of benzene rings is 1. The van der Waals surface area contributed by atoms with Crippen LogP contribution in [0.3, 0.4) is 0 Å². The molecule has 2 amide bonds. The first-order chi connectivity index (χ1) is 15.9. The van der Waals surface area contributed by atoms with Crippen LogP contribution in [0.2, 0.25) is 0 Å². The van der Waals surface area contributed by atoms with Crippen LogP contribution in [0.4, 0.5) is 0 Å². The van der Waals surface area contributed by atoms with Gasteiger partial charge in [0.15, 0.2) is 0 Å². The zero-order valence-electron chi connectivity index (χ0n) is 20.6. The van der Waals surface area contributed by atoms with Crippen LogP contribution in [0.15, 0.2) is 27.6 Å². The van der Waals surface area contributed by atoms with Crippen molar-refractivity contribution in [2.24, 2.45) is 22.7 Å². The van der Waals surface area contributed by atoms with Gasteiger partial charge >= 0.3 is 0 Å². The summed E-state index contributed by atoms with van der Waals surface area (Å²) in [5.41, 5.74) is 0.996. The molecule has 3 aliphatic rings. The highest BCUT2D eigenvalue weighted by Crippen LogP contribution is 2.66. The van der Waals surface area contributed by atoms with Gasteiger partial charge in [0.25, 0.3) is 5.91 Å². The molecule has 1 aromatic carbocycles. The van der Waals surface area contributed by atoms with Crippen LogP contribution in [0, 0.1) is 22.7 Å². The summed E-state index contributed by atoms with van der Waals surface area (Å²) in [5.74, 6) is 1.04. The molecule has 1 saturated heterocycles. The number of carbonyl (C=O) groups is 2. The molecule has 2 aliphatic carbocycles. The first-order valence-electron chi connectivity index (χ1n) is 12.2. The molecule has 188 valence electrons. The molecule has 3 atom stereocenters. The van der Waals surface area contributed by atoms with Gasteiger partial charge in [0.05, 0.1) is 4.90 Å². The summed E-state index contributed by atoms with van der Waals surface area (Å²) < 4.78 is 28.4. The summed E-state index contributed by atoms with van der Waals surface area (Å²) >= 11 is 3.35. The molecular weight excluding hydrogens is 518 g/mol. The van der Waals surface area contributed by atoms with Crippen molar-refractivity contribution in [3.63, 3.8) is 0 Å². The maximum absolute atomic E-state index is 13.3. The van der Waals surface area contributed by atoms with E-state index >= 15 is 0 Å². The van der Waals surface area contributed by atoms with Gasteiger partial charge in [0.2, 0.25) is 15.9 Å². The third-order valence-electron chi connectivity index (χ3n) is 8.78. The summed E-state index contributed by atoms with van der Waals surface area (Å²) in [6.45, 7) is 10.4. The fourth-order valence-electron chi connectivity index (χ4n) is 6.78. The third kappa shape index (κ3) is 4.55. The molecule has 0 spiro atoms. The Balaban J connectivity index is 1.42. The van der Waals surface area contributed by atoms with Crippen LogP contribution in [0.5, 0.6) is 0 Å². The van der Waals surface area contributed by atoms with Gasteiger partial charge in [-0.1, -0.05) is 20.8 Å². The smallest absolute Gasteiger partial charge is 0.251 e. The Morgan fingerprint density at radius 3 is 2.41 bits per heavy atom. The Morgan fingerprint density at radius 2 is 1.82 bits per heavy atom. The highest BCUT2D eigenvalue weighted by Gasteiger charge is 2.58. The molecule has 1 unspecified atom stereocenters. The number of fused-ring (bicyclic) bond motifs is 2. The number of carbonyl (C=O) groups excluding carboxylic acids is 2. The second-order valence-electron chi connectivity index (χ2n) is 11.1. The summed E-state index contributed by atoms with van der Waals surface area (Å²) in [4.78, 5) is 26.2. The van der Waals surface area contributed by atoms with Crippen LogP contribution in [0.1, 0.15) is 63.7 Å². The van der Waals surface area contributed by atoms with Gasteiger partial charge in [-0.25, -0.2) is 8.42 Å². The minimum Gasteiger partial charge on any atom is -0.352 e. The van der Waals surface area contributed by atoms with E-state index in [1.807, 2.05) is 0 Å². The van der Waals surface area contributed by atoms with Crippen LogP contribution in [0.25, 0.3) is 0 Å². The Hall–Kier alpha value is -1.45. The first-order valence-corrected chi connectivity index (χ1v) is 14.4. The van der Waals surface area contributed by atoms with E-state index in [-0.39, 0.29) is 29.8 Å². The van der Waals surface area contributed by atoms with Gasteiger partial charge in [-0.3, -0.25) is 9.59 Å². The molecule has 3 fully saturated rings. The van der Waals surface area contributed by atoms with Crippen molar-refractivity contribution in [2.45, 2.75) is 58.3 Å². The highest BCUT2D eigenvalue weighted by atomic mass is 79.9. The molecule has 2 bridgehead atoms. The van der Waals surface area contributed by atoms with Crippen molar-refractivity contribution in [3.05, 3.63) is 28.2 Å². The molecule has 1 N–H and O–H groups in total.